The number of carboxylic acids is 2. The Morgan fingerprint density at radius 2 is 1.83 bits per heavy atom. The molecule has 6 heteroatoms. The average Bonchev–Trinajstić information content (AvgIpc) is 2.26. The summed E-state index contributed by atoms with van der Waals surface area (Å²) in [6.45, 7) is 6.37. The fourth-order valence-electron chi connectivity index (χ4n) is 1.39. The van der Waals surface area contributed by atoms with Crippen molar-refractivity contribution in [1.82, 2.24) is 0 Å². The minimum absolute atomic E-state index is 0.0375. The molecule has 1 unspecified atom stereocenters. The van der Waals surface area contributed by atoms with E-state index in [4.69, 9.17) is 14.9 Å². The van der Waals surface area contributed by atoms with Gasteiger partial charge in [-0.05, 0) is 26.2 Å². The van der Waals surface area contributed by atoms with Gasteiger partial charge in [-0.15, -0.1) is 0 Å². The summed E-state index contributed by atoms with van der Waals surface area (Å²) in [5, 5.41) is 17.7. The van der Waals surface area contributed by atoms with Crippen molar-refractivity contribution in [2.24, 2.45) is 0 Å². The molecule has 0 aliphatic heterocycles. The molecule has 0 saturated heterocycles. The van der Waals surface area contributed by atoms with Crippen LogP contribution < -0.4 is 0 Å². The lowest BCUT2D eigenvalue weighted by atomic mass is 9.93. The molecule has 0 radical (unpaired) electrons. The van der Waals surface area contributed by atoms with Crippen LogP contribution in [-0.2, 0) is 19.1 Å². The molecule has 0 spiro atoms. The van der Waals surface area contributed by atoms with E-state index in [2.05, 4.69) is 6.58 Å². The second kappa shape index (κ2) is 6.78. The van der Waals surface area contributed by atoms with E-state index in [1.54, 1.807) is 6.92 Å². The number of carbonyl (C=O) groups excluding carboxylic acids is 1. The van der Waals surface area contributed by atoms with Crippen LogP contribution in [0.25, 0.3) is 0 Å². The molecule has 0 aliphatic rings. The Morgan fingerprint density at radius 3 is 2.17 bits per heavy atom. The lowest BCUT2D eigenvalue weighted by Gasteiger charge is -2.28. The van der Waals surface area contributed by atoms with E-state index in [0.29, 0.717) is 0 Å². The van der Waals surface area contributed by atoms with E-state index in [-0.39, 0.29) is 31.3 Å². The molecule has 18 heavy (non-hydrogen) atoms. The molecule has 6 nitrogen and oxygen atoms in total. The first-order chi connectivity index (χ1) is 8.25. The molecule has 0 aromatic carbocycles. The number of hydrogen-bond donors (Lipinski definition) is 2. The van der Waals surface area contributed by atoms with Crippen LogP contribution in [0.4, 0.5) is 0 Å². The fourth-order valence-corrected chi connectivity index (χ4v) is 1.39. The quantitative estimate of drug-likeness (QED) is 0.506. The first-order valence-electron chi connectivity index (χ1n) is 5.59. The number of carboxylic acid groups (broad SMARTS) is 2. The molecule has 2 N–H and O–H groups in total. The average molecular weight is 258 g/mol. The van der Waals surface area contributed by atoms with Crippen LogP contribution in [-0.4, -0.2) is 33.7 Å². The van der Waals surface area contributed by atoms with E-state index in [1.165, 1.54) is 6.92 Å². The number of carbonyl (C=O) groups is 3. The van der Waals surface area contributed by atoms with Crippen molar-refractivity contribution in [2.45, 2.75) is 45.1 Å². The Labute approximate surface area is 105 Å². The van der Waals surface area contributed by atoms with E-state index < -0.39 is 23.5 Å². The van der Waals surface area contributed by atoms with Crippen LogP contribution in [0.2, 0.25) is 0 Å². The molecule has 0 aromatic heterocycles. The van der Waals surface area contributed by atoms with Crippen molar-refractivity contribution in [3.8, 4) is 0 Å². The maximum Gasteiger partial charge on any atom is 0.348 e. The summed E-state index contributed by atoms with van der Waals surface area (Å²) in [6, 6.07) is 0. The third-order valence-electron chi connectivity index (χ3n) is 2.57. The molecule has 0 amide bonds. The van der Waals surface area contributed by atoms with E-state index >= 15 is 0 Å². The molecule has 0 rings (SSSR count). The van der Waals surface area contributed by atoms with E-state index in [9.17, 15) is 14.4 Å². The molecule has 102 valence electrons. The standard InChI is InChI=1S/C12H18O6/c1-4-12(11(16)17,7-5-6-9(13)14)18-10(15)8(2)3/h2,4-7H2,1,3H3,(H,13,14)(H,16,17). The van der Waals surface area contributed by atoms with Gasteiger partial charge in [-0.3, -0.25) is 4.79 Å². The molecule has 0 bridgehead atoms. The minimum Gasteiger partial charge on any atom is -0.481 e. The summed E-state index contributed by atoms with van der Waals surface area (Å²) in [7, 11) is 0. The van der Waals surface area contributed by atoms with Crippen LogP contribution in [0.5, 0.6) is 0 Å². The summed E-state index contributed by atoms with van der Waals surface area (Å²) in [5.41, 5.74) is -1.57. The van der Waals surface area contributed by atoms with Crippen molar-refractivity contribution in [3.63, 3.8) is 0 Å². The largest absolute Gasteiger partial charge is 0.481 e. The summed E-state index contributed by atoms with van der Waals surface area (Å²) in [5.74, 6) is -3.07. The van der Waals surface area contributed by atoms with Gasteiger partial charge in [0.05, 0.1) is 0 Å². The monoisotopic (exact) mass is 258 g/mol. The minimum atomic E-state index is -1.68. The predicted octanol–water partition coefficient (Wildman–Crippen LogP) is 1.59. The summed E-state index contributed by atoms with van der Waals surface area (Å²) < 4.78 is 4.96. The normalized spacial score (nSPS) is 13.4. The number of hydrogen-bond acceptors (Lipinski definition) is 4. The second-order valence-corrected chi connectivity index (χ2v) is 4.07. The molecule has 0 heterocycles. The Hall–Kier alpha value is -1.85. The summed E-state index contributed by atoms with van der Waals surface area (Å²) in [6.07, 6.45) is -0.0102. The van der Waals surface area contributed by atoms with Gasteiger partial charge in [0, 0.05) is 12.0 Å². The first-order valence-corrected chi connectivity index (χ1v) is 5.59. The van der Waals surface area contributed by atoms with Crippen LogP contribution in [0.15, 0.2) is 12.2 Å². The summed E-state index contributed by atoms with van der Waals surface area (Å²) in [4.78, 5) is 33.1. The highest BCUT2D eigenvalue weighted by Gasteiger charge is 2.40. The molecule has 0 aromatic rings. The van der Waals surface area contributed by atoms with Crippen LogP contribution in [0, 0.1) is 0 Å². The number of ether oxygens (including phenoxy) is 1. The molecule has 1 atom stereocenters. The smallest absolute Gasteiger partial charge is 0.348 e. The zero-order valence-electron chi connectivity index (χ0n) is 10.6. The van der Waals surface area contributed by atoms with Crippen molar-refractivity contribution < 1.29 is 29.3 Å². The van der Waals surface area contributed by atoms with Crippen LogP contribution >= 0.6 is 0 Å². The topological polar surface area (TPSA) is 101 Å². The van der Waals surface area contributed by atoms with Gasteiger partial charge in [0.1, 0.15) is 0 Å². The maximum atomic E-state index is 11.4. The third kappa shape index (κ3) is 4.57. The van der Waals surface area contributed by atoms with Gasteiger partial charge in [-0.1, -0.05) is 13.5 Å². The van der Waals surface area contributed by atoms with Gasteiger partial charge in [-0.2, -0.15) is 0 Å². The third-order valence-corrected chi connectivity index (χ3v) is 2.57. The number of aliphatic carboxylic acids is 2. The second-order valence-electron chi connectivity index (χ2n) is 4.07. The Kier molecular flexibility index (Phi) is 6.08. The molecular formula is C12H18O6. The molecular weight excluding hydrogens is 240 g/mol. The van der Waals surface area contributed by atoms with Crippen molar-refractivity contribution in [1.29, 1.82) is 0 Å². The highest BCUT2D eigenvalue weighted by atomic mass is 16.6. The van der Waals surface area contributed by atoms with Crippen LogP contribution in [0.1, 0.15) is 39.5 Å². The maximum absolute atomic E-state index is 11.4. The van der Waals surface area contributed by atoms with E-state index in [1.807, 2.05) is 0 Å². The molecule has 0 saturated carbocycles. The zero-order chi connectivity index (χ0) is 14.3. The van der Waals surface area contributed by atoms with Crippen molar-refractivity contribution in [3.05, 3.63) is 12.2 Å². The van der Waals surface area contributed by atoms with Gasteiger partial charge in [-0.25, -0.2) is 9.59 Å². The predicted molar refractivity (Wildman–Crippen MR) is 63.1 cm³/mol. The highest BCUT2D eigenvalue weighted by molar-refractivity contribution is 5.90. The van der Waals surface area contributed by atoms with Gasteiger partial charge in [0.15, 0.2) is 0 Å². The van der Waals surface area contributed by atoms with Gasteiger partial charge >= 0.3 is 17.9 Å². The Balaban J connectivity index is 4.82. The van der Waals surface area contributed by atoms with Gasteiger partial charge < -0.3 is 14.9 Å². The Bertz CT molecular complexity index is 360. The zero-order valence-corrected chi connectivity index (χ0v) is 10.6. The first kappa shape index (κ1) is 16.1. The molecule has 0 aliphatic carbocycles. The highest BCUT2D eigenvalue weighted by Crippen LogP contribution is 2.25. The SMILES string of the molecule is C=C(C)C(=O)OC(CC)(CCCC(=O)O)C(=O)O. The van der Waals surface area contributed by atoms with Gasteiger partial charge in [0.25, 0.3) is 0 Å². The summed E-state index contributed by atoms with van der Waals surface area (Å²) >= 11 is 0. The number of rotatable bonds is 8. The number of esters is 1. The lowest BCUT2D eigenvalue weighted by Crippen LogP contribution is -2.43. The lowest BCUT2D eigenvalue weighted by molar-refractivity contribution is -0.177. The van der Waals surface area contributed by atoms with Gasteiger partial charge in [0.2, 0.25) is 5.60 Å². The van der Waals surface area contributed by atoms with Crippen molar-refractivity contribution >= 4 is 17.9 Å². The molecule has 0 fully saturated rings. The fraction of sp³-hybridized carbons (Fsp3) is 0.583. The Morgan fingerprint density at radius 1 is 1.28 bits per heavy atom. The van der Waals surface area contributed by atoms with E-state index in [0.717, 1.165) is 0 Å². The van der Waals surface area contributed by atoms with Crippen molar-refractivity contribution in [2.75, 3.05) is 0 Å². The van der Waals surface area contributed by atoms with Crippen LogP contribution in [0.3, 0.4) is 0 Å².